The Morgan fingerprint density at radius 3 is 2.42 bits per heavy atom. The number of anilines is 1. The molecule has 6 heteroatoms. The van der Waals surface area contributed by atoms with E-state index < -0.39 is 0 Å². The van der Waals surface area contributed by atoms with Crippen molar-refractivity contribution in [2.75, 3.05) is 5.32 Å². The van der Waals surface area contributed by atoms with Crippen LogP contribution in [0.15, 0.2) is 65.1 Å². The Morgan fingerprint density at radius 1 is 0.846 bits per heavy atom. The lowest BCUT2D eigenvalue weighted by atomic mass is 10.2. The standard InChI is InChI=1S/C20H15BrCl3NO/c21-17-9-13(11-25-16-5-6-18(23)19(24)10-16)4-7-20(17)26-12-14-2-1-3-15(22)8-14/h1-10,25H,11-12H2. The number of ether oxygens (including phenoxy) is 1. The maximum absolute atomic E-state index is 6.03. The van der Waals surface area contributed by atoms with Crippen LogP contribution in [0.2, 0.25) is 15.1 Å². The molecular formula is C20H15BrCl3NO. The highest BCUT2D eigenvalue weighted by Crippen LogP contribution is 2.28. The monoisotopic (exact) mass is 469 g/mol. The summed E-state index contributed by atoms with van der Waals surface area (Å²) in [5.41, 5.74) is 3.05. The van der Waals surface area contributed by atoms with Crippen molar-refractivity contribution in [3.05, 3.63) is 91.3 Å². The number of hydrogen-bond acceptors (Lipinski definition) is 2. The van der Waals surface area contributed by atoms with Crippen LogP contribution in [0.3, 0.4) is 0 Å². The van der Waals surface area contributed by atoms with Crippen LogP contribution in [0.5, 0.6) is 5.75 Å². The summed E-state index contributed by atoms with van der Waals surface area (Å²) in [5, 5.41) is 5.10. The van der Waals surface area contributed by atoms with E-state index in [9.17, 15) is 0 Å². The van der Waals surface area contributed by atoms with Crippen LogP contribution < -0.4 is 10.1 Å². The third kappa shape index (κ3) is 5.31. The second kappa shape index (κ2) is 9.01. The number of hydrogen-bond donors (Lipinski definition) is 1. The van der Waals surface area contributed by atoms with Gasteiger partial charge in [0.05, 0.1) is 14.5 Å². The van der Waals surface area contributed by atoms with Crippen LogP contribution in [0, 0.1) is 0 Å². The van der Waals surface area contributed by atoms with Gasteiger partial charge in [0.25, 0.3) is 0 Å². The Kier molecular flexibility index (Phi) is 6.71. The van der Waals surface area contributed by atoms with Crippen molar-refractivity contribution in [1.29, 1.82) is 0 Å². The fourth-order valence-corrected chi connectivity index (χ4v) is 3.42. The van der Waals surface area contributed by atoms with E-state index in [1.54, 1.807) is 12.1 Å². The molecule has 0 saturated carbocycles. The van der Waals surface area contributed by atoms with Gasteiger partial charge in [0, 0.05) is 17.3 Å². The fraction of sp³-hybridized carbons (Fsp3) is 0.100. The number of benzene rings is 3. The normalized spacial score (nSPS) is 10.6. The Hall–Kier alpha value is -1.39. The Balaban J connectivity index is 1.60. The second-order valence-corrected chi connectivity index (χ2v) is 7.77. The van der Waals surface area contributed by atoms with Crippen molar-refractivity contribution in [2.45, 2.75) is 13.2 Å². The molecule has 3 rings (SSSR count). The molecule has 0 fully saturated rings. The summed E-state index contributed by atoms with van der Waals surface area (Å²) < 4.78 is 6.76. The molecule has 0 heterocycles. The first-order chi connectivity index (χ1) is 12.5. The lowest BCUT2D eigenvalue weighted by Gasteiger charge is -2.11. The highest BCUT2D eigenvalue weighted by molar-refractivity contribution is 9.10. The van der Waals surface area contributed by atoms with Gasteiger partial charge in [-0.2, -0.15) is 0 Å². The van der Waals surface area contributed by atoms with E-state index in [0.29, 0.717) is 28.2 Å². The molecule has 0 unspecified atom stereocenters. The van der Waals surface area contributed by atoms with Gasteiger partial charge in [0.2, 0.25) is 0 Å². The van der Waals surface area contributed by atoms with E-state index in [2.05, 4.69) is 21.2 Å². The van der Waals surface area contributed by atoms with Crippen LogP contribution in [-0.2, 0) is 13.2 Å². The average molecular weight is 472 g/mol. The van der Waals surface area contributed by atoms with Crippen molar-refractivity contribution in [1.82, 2.24) is 0 Å². The summed E-state index contributed by atoms with van der Waals surface area (Å²) in [6, 6.07) is 19.1. The van der Waals surface area contributed by atoms with E-state index in [0.717, 1.165) is 27.0 Å². The van der Waals surface area contributed by atoms with Crippen LogP contribution in [0.25, 0.3) is 0 Å². The molecule has 1 N–H and O–H groups in total. The first kappa shape index (κ1) is 19.4. The SMILES string of the molecule is Clc1cccc(COc2ccc(CNc3ccc(Cl)c(Cl)c3)cc2Br)c1. The zero-order valence-corrected chi connectivity index (χ0v) is 17.5. The van der Waals surface area contributed by atoms with Gasteiger partial charge in [-0.05, 0) is 69.5 Å². The molecule has 0 aromatic heterocycles. The summed E-state index contributed by atoms with van der Waals surface area (Å²) in [5.74, 6) is 0.781. The molecule has 0 spiro atoms. The minimum atomic E-state index is 0.458. The maximum Gasteiger partial charge on any atom is 0.134 e. The highest BCUT2D eigenvalue weighted by Gasteiger charge is 2.05. The second-order valence-electron chi connectivity index (χ2n) is 5.67. The molecule has 134 valence electrons. The third-order valence-corrected chi connectivity index (χ3v) is 5.29. The Labute approximate surface area is 176 Å². The van der Waals surface area contributed by atoms with Crippen LogP contribution in [-0.4, -0.2) is 0 Å². The van der Waals surface area contributed by atoms with E-state index in [4.69, 9.17) is 39.5 Å². The van der Waals surface area contributed by atoms with Gasteiger partial charge in [0.1, 0.15) is 12.4 Å². The van der Waals surface area contributed by atoms with Crippen LogP contribution >= 0.6 is 50.7 Å². The lowest BCUT2D eigenvalue weighted by molar-refractivity contribution is 0.304. The smallest absolute Gasteiger partial charge is 0.134 e. The van der Waals surface area contributed by atoms with Gasteiger partial charge in [-0.25, -0.2) is 0 Å². The first-order valence-electron chi connectivity index (χ1n) is 7.86. The van der Waals surface area contributed by atoms with E-state index in [1.807, 2.05) is 48.5 Å². The van der Waals surface area contributed by atoms with Crippen LogP contribution in [0.1, 0.15) is 11.1 Å². The van der Waals surface area contributed by atoms with Crippen LogP contribution in [0.4, 0.5) is 5.69 Å². The Bertz CT molecular complexity index is 917. The first-order valence-corrected chi connectivity index (χ1v) is 9.78. The van der Waals surface area contributed by atoms with Gasteiger partial charge < -0.3 is 10.1 Å². The molecule has 3 aromatic carbocycles. The van der Waals surface area contributed by atoms with E-state index >= 15 is 0 Å². The molecule has 0 aliphatic heterocycles. The quantitative estimate of drug-likeness (QED) is 0.400. The molecule has 3 aromatic rings. The zero-order chi connectivity index (χ0) is 18.5. The van der Waals surface area contributed by atoms with Gasteiger partial charge in [-0.3, -0.25) is 0 Å². The fourth-order valence-electron chi connectivity index (χ4n) is 2.37. The minimum absolute atomic E-state index is 0.458. The minimum Gasteiger partial charge on any atom is -0.488 e. The maximum atomic E-state index is 6.03. The molecule has 0 aliphatic carbocycles. The number of halogens is 4. The molecule has 0 radical (unpaired) electrons. The molecular weight excluding hydrogens is 456 g/mol. The molecule has 0 saturated heterocycles. The summed E-state index contributed by atoms with van der Waals surface area (Å²) in [6.07, 6.45) is 0. The lowest BCUT2D eigenvalue weighted by Crippen LogP contribution is -2.00. The van der Waals surface area contributed by atoms with Crippen molar-refractivity contribution < 1.29 is 4.74 Å². The molecule has 0 atom stereocenters. The summed E-state index contributed by atoms with van der Waals surface area (Å²) in [6.45, 7) is 1.12. The van der Waals surface area contributed by atoms with Gasteiger partial charge >= 0.3 is 0 Å². The highest BCUT2D eigenvalue weighted by atomic mass is 79.9. The summed E-state index contributed by atoms with van der Waals surface area (Å²) in [7, 11) is 0. The molecule has 0 aliphatic rings. The van der Waals surface area contributed by atoms with Gasteiger partial charge in [-0.15, -0.1) is 0 Å². The van der Waals surface area contributed by atoms with Crippen molar-refractivity contribution in [3.63, 3.8) is 0 Å². The molecule has 0 amide bonds. The molecule has 0 bridgehead atoms. The average Bonchev–Trinajstić information content (AvgIpc) is 2.62. The largest absolute Gasteiger partial charge is 0.488 e. The van der Waals surface area contributed by atoms with E-state index in [-0.39, 0.29) is 0 Å². The summed E-state index contributed by atoms with van der Waals surface area (Å²) >= 11 is 21.5. The zero-order valence-electron chi connectivity index (χ0n) is 13.6. The Morgan fingerprint density at radius 2 is 1.69 bits per heavy atom. The summed E-state index contributed by atoms with van der Waals surface area (Å²) in [4.78, 5) is 0. The third-order valence-electron chi connectivity index (χ3n) is 3.70. The van der Waals surface area contributed by atoms with Crippen molar-refractivity contribution in [2.24, 2.45) is 0 Å². The topological polar surface area (TPSA) is 21.3 Å². The van der Waals surface area contributed by atoms with E-state index in [1.165, 1.54) is 0 Å². The van der Waals surface area contributed by atoms with Crippen molar-refractivity contribution in [3.8, 4) is 5.75 Å². The van der Waals surface area contributed by atoms with Crippen molar-refractivity contribution >= 4 is 56.4 Å². The van der Waals surface area contributed by atoms with Gasteiger partial charge in [0.15, 0.2) is 0 Å². The number of nitrogens with one attached hydrogen (secondary N) is 1. The predicted octanol–water partition coefficient (Wildman–Crippen LogP) is 7.60. The number of rotatable bonds is 6. The predicted molar refractivity (Wildman–Crippen MR) is 114 cm³/mol. The van der Waals surface area contributed by atoms with Gasteiger partial charge in [-0.1, -0.05) is 53.0 Å². The molecule has 2 nitrogen and oxygen atoms in total. The molecule has 26 heavy (non-hydrogen) atoms.